The summed E-state index contributed by atoms with van der Waals surface area (Å²) >= 11 is 1.15. The number of hydrogen-bond donors (Lipinski definition) is 3. The van der Waals surface area contributed by atoms with Crippen molar-refractivity contribution in [2.45, 2.75) is 19.6 Å². The van der Waals surface area contributed by atoms with Crippen molar-refractivity contribution >= 4 is 11.3 Å². The van der Waals surface area contributed by atoms with E-state index >= 15 is 0 Å². The molecule has 0 aliphatic rings. The Balaban J connectivity index is 2.29. The van der Waals surface area contributed by atoms with Gasteiger partial charge in [0, 0.05) is 24.2 Å². The van der Waals surface area contributed by atoms with E-state index in [-0.39, 0.29) is 11.0 Å². The summed E-state index contributed by atoms with van der Waals surface area (Å²) in [6.07, 6.45) is -0.352. The van der Waals surface area contributed by atoms with Gasteiger partial charge in [-0.25, -0.2) is 0 Å². The highest BCUT2D eigenvalue weighted by Gasteiger charge is 1.97. The number of aliphatic hydroxyl groups is 1. The van der Waals surface area contributed by atoms with Gasteiger partial charge in [-0.05, 0) is 6.92 Å². The maximum atomic E-state index is 10.7. The third-order valence-corrected chi connectivity index (χ3v) is 2.04. The third kappa shape index (κ3) is 3.17. The van der Waals surface area contributed by atoms with Crippen LogP contribution < -0.4 is 10.2 Å². The van der Waals surface area contributed by atoms with Crippen molar-refractivity contribution in [2.24, 2.45) is 0 Å². The minimum absolute atomic E-state index is 0.0381. The van der Waals surface area contributed by atoms with E-state index in [0.29, 0.717) is 13.1 Å². The predicted octanol–water partition coefficient (Wildman–Crippen LogP) is -0.0932. The second kappa shape index (κ2) is 4.39. The first-order valence-corrected chi connectivity index (χ1v) is 4.62. The van der Waals surface area contributed by atoms with Crippen molar-refractivity contribution in [3.8, 4) is 0 Å². The number of aromatic nitrogens is 1. The van der Waals surface area contributed by atoms with Crippen LogP contribution in [0.25, 0.3) is 0 Å². The monoisotopic (exact) mass is 188 g/mol. The molecule has 3 N–H and O–H groups in total. The zero-order valence-electron chi connectivity index (χ0n) is 6.83. The van der Waals surface area contributed by atoms with Crippen molar-refractivity contribution in [1.82, 2.24) is 10.3 Å². The molecule has 1 heterocycles. The molecule has 0 spiro atoms. The lowest BCUT2D eigenvalue weighted by Gasteiger charge is -2.04. The van der Waals surface area contributed by atoms with Gasteiger partial charge in [0.25, 0.3) is 0 Å². The van der Waals surface area contributed by atoms with Crippen molar-refractivity contribution in [2.75, 3.05) is 6.54 Å². The quantitative estimate of drug-likeness (QED) is 0.618. The molecule has 0 saturated carbocycles. The second-order valence-corrected chi connectivity index (χ2v) is 3.50. The van der Waals surface area contributed by atoms with Crippen LogP contribution >= 0.6 is 11.3 Å². The van der Waals surface area contributed by atoms with Crippen LogP contribution in [0.15, 0.2) is 10.2 Å². The van der Waals surface area contributed by atoms with Crippen LogP contribution in [0.2, 0.25) is 0 Å². The maximum Gasteiger partial charge on any atom is 0.304 e. The second-order valence-electron chi connectivity index (χ2n) is 2.65. The molecule has 1 aromatic rings. The van der Waals surface area contributed by atoms with Gasteiger partial charge in [-0.3, -0.25) is 4.79 Å². The molecule has 12 heavy (non-hydrogen) atoms. The topological polar surface area (TPSA) is 65.1 Å². The molecule has 0 radical (unpaired) electrons. The number of aromatic amines is 1. The average Bonchev–Trinajstić information content (AvgIpc) is 2.35. The molecule has 4 nitrogen and oxygen atoms in total. The molecular weight excluding hydrogens is 176 g/mol. The van der Waals surface area contributed by atoms with E-state index in [1.54, 1.807) is 12.3 Å². The summed E-state index contributed by atoms with van der Waals surface area (Å²) in [5.74, 6) is 0. The highest BCUT2D eigenvalue weighted by atomic mass is 32.1. The van der Waals surface area contributed by atoms with E-state index in [4.69, 9.17) is 5.11 Å². The Bertz CT molecular complexity index is 279. The Morgan fingerprint density at radius 3 is 3.08 bits per heavy atom. The Kier molecular flexibility index (Phi) is 3.46. The summed E-state index contributed by atoms with van der Waals surface area (Å²) in [7, 11) is 0. The molecule has 0 unspecified atom stereocenters. The van der Waals surface area contributed by atoms with Crippen LogP contribution in [0.1, 0.15) is 12.6 Å². The largest absolute Gasteiger partial charge is 0.392 e. The van der Waals surface area contributed by atoms with Gasteiger partial charge >= 0.3 is 4.87 Å². The van der Waals surface area contributed by atoms with Gasteiger partial charge in [0.2, 0.25) is 0 Å². The standard InChI is InChI=1S/C7H12N2O2S/c1-5(10)2-8-3-6-4-12-7(11)9-6/h4-5,8,10H,2-3H2,1H3,(H,9,11)/t5-/m1/s1. The van der Waals surface area contributed by atoms with Crippen molar-refractivity contribution in [1.29, 1.82) is 0 Å². The molecule has 0 fully saturated rings. The molecule has 68 valence electrons. The minimum atomic E-state index is -0.352. The minimum Gasteiger partial charge on any atom is -0.392 e. The Labute approximate surface area is 74.3 Å². The molecule has 1 rings (SSSR count). The van der Waals surface area contributed by atoms with Gasteiger partial charge in [0.15, 0.2) is 0 Å². The molecule has 0 aromatic carbocycles. The van der Waals surface area contributed by atoms with Gasteiger partial charge in [0.05, 0.1) is 6.10 Å². The fourth-order valence-electron chi connectivity index (χ4n) is 0.816. The summed E-state index contributed by atoms with van der Waals surface area (Å²) in [5.41, 5.74) is 0.866. The smallest absolute Gasteiger partial charge is 0.304 e. The summed E-state index contributed by atoms with van der Waals surface area (Å²) in [5, 5.41) is 13.7. The number of thiazole rings is 1. The first-order chi connectivity index (χ1) is 5.68. The van der Waals surface area contributed by atoms with Gasteiger partial charge in [-0.15, -0.1) is 0 Å². The first-order valence-electron chi connectivity index (χ1n) is 3.74. The Morgan fingerprint density at radius 1 is 1.83 bits per heavy atom. The lowest BCUT2D eigenvalue weighted by Crippen LogP contribution is -2.24. The molecule has 1 atom stereocenters. The normalized spacial score (nSPS) is 13.2. The van der Waals surface area contributed by atoms with E-state index in [1.165, 1.54) is 0 Å². The van der Waals surface area contributed by atoms with E-state index in [2.05, 4.69) is 10.3 Å². The van der Waals surface area contributed by atoms with Crippen molar-refractivity contribution in [3.05, 3.63) is 20.7 Å². The molecule has 0 amide bonds. The van der Waals surface area contributed by atoms with Crippen LogP contribution in [0.4, 0.5) is 0 Å². The number of aliphatic hydroxyl groups excluding tert-OH is 1. The summed E-state index contributed by atoms with van der Waals surface area (Å²) in [6.45, 7) is 2.85. The van der Waals surface area contributed by atoms with Crippen LogP contribution in [-0.2, 0) is 6.54 Å². The molecule has 0 bridgehead atoms. The zero-order valence-corrected chi connectivity index (χ0v) is 7.65. The van der Waals surface area contributed by atoms with E-state index in [9.17, 15) is 4.79 Å². The SMILES string of the molecule is C[C@@H](O)CNCc1csc(=O)[nH]1. The van der Waals surface area contributed by atoms with Crippen LogP contribution in [-0.4, -0.2) is 22.7 Å². The Morgan fingerprint density at radius 2 is 2.58 bits per heavy atom. The fourth-order valence-corrected chi connectivity index (χ4v) is 1.40. The first kappa shape index (κ1) is 9.44. The molecule has 0 saturated heterocycles. The van der Waals surface area contributed by atoms with Gasteiger partial charge in [-0.2, -0.15) is 0 Å². The highest BCUT2D eigenvalue weighted by Crippen LogP contribution is 1.93. The molecule has 5 heteroatoms. The van der Waals surface area contributed by atoms with E-state index in [0.717, 1.165) is 17.0 Å². The summed E-state index contributed by atoms with van der Waals surface area (Å²) < 4.78 is 0. The van der Waals surface area contributed by atoms with Crippen molar-refractivity contribution < 1.29 is 5.11 Å². The molecular formula is C7H12N2O2S. The lowest BCUT2D eigenvalue weighted by molar-refractivity contribution is 0.191. The third-order valence-electron chi connectivity index (χ3n) is 1.33. The van der Waals surface area contributed by atoms with Crippen LogP contribution in [0.5, 0.6) is 0 Å². The van der Waals surface area contributed by atoms with Crippen molar-refractivity contribution in [3.63, 3.8) is 0 Å². The maximum absolute atomic E-state index is 10.7. The summed E-state index contributed by atoms with van der Waals surface area (Å²) in [6, 6.07) is 0. The van der Waals surface area contributed by atoms with Gasteiger partial charge < -0.3 is 15.4 Å². The number of hydrogen-bond acceptors (Lipinski definition) is 4. The molecule has 1 aromatic heterocycles. The van der Waals surface area contributed by atoms with Gasteiger partial charge in [0.1, 0.15) is 0 Å². The number of H-pyrrole nitrogens is 1. The van der Waals surface area contributed by atoms with Gasteiger partial charge in [-0.1, -0.05) is 11.3 Å². The fraction of sp³-hybridized carbons (Fsp3) is 0.571. The number of rotatable bonds is 4. The van der Waals surface area contributed by atoms with Crippen LogP contribution in [0, 0.1) is 0 Å². The lowest BCUT2D eigenvalue weighted by atomic mass is 10.4. The van der Waals surface area contributed by atoms with Crippen LogP contribution in [0.3, 0.4) is 0 Å². The zero-order chi connectivity index (χ0) is 8.97. The van der Waals surface area contributed by atoms with E-state index < -0.39 is 0 Å². The molecule has 0 aliphatic carbocycles. The highest BCUT2D eigenvalue weighted by molar-refractivity contribution is 7.07. The Hall–Kier alpha value is -0.650. The molecule has 0 aliphatic heterocycles. The van der Waals surface area contributed by atoms with E-state index in [1.807, 2.05) is 0 Å². The number of nitrogens with one attached hydrogen (secondary N) is 2. The predicted molar refractivity (Wildman–Crippen MR) is 48.3 cm³/mol. The average molecular weight is 188 g/mol. The summed E-state index contributed by atoms with van der Waals surface area (Å²) in [4.78, 5) is 13.3.